The topological polar surface area (TPSA) is 41.6 Å². The van der Waals surface area contributed by atoms with Gasteiger partial charge in [0.1, 0.15) is 5.60 Å². The van der Waals surface area contributed by atoms with Crippen LogP contribution in [0.2, 0.25) is 0 Å². The van der Waals surface area contributed by atoms with Crippen LogP contribution in [0.5, 0.6) is 0 Å². The van der Waals surface area contributed by atoms with Crippen molar-refractivity contribution in [2.75, 3.05) is 13.6 Å². The first kappa shape index (κ1) is 16.8. The highest BCUT2D eigenvalue weighted by molar-refractivity contribution is 5.68. The number of likely N-dealkylation sites (N-methyl/N-ethyl adjacent to an activating group) is 1. The molecule has 1 amide bonds. The van der Waals surface area contributed by atoms with Gasteiger partial charge in [0.2, 0.25) is 0 Å². The van der Waals surface area contributed by atoms with E-state index in [1.54, 1.807) is 0 Å². The molecule has 0 saturated carbocycles. The van der Waals surface area contributed by atoms with E-state index >= 15 is 0 Å². The highest BCUT2D eigenvalue weighted by Crippen LogP contribution is 2.11. The van der Waals surface area contributed by atoms with E-state index < -0.39 is 5.60 Å². The van der Waals surface area contributed by atoms with E-state index in [9.17, 15) is 4.79 Å². The SMILES string of the molecule is C=C(C(CC)NC(=O)OC(C)(C)C)N(C)CCC. The third-order valence-corrected chi connectivity index (χ3v) is 2.55. The number of carbonyl (C=O) groups excluding carboxylic acids is 1. The lowest BCUT2D eigenvalue weighted by Crippen LogP contribution is -2.42. The zero-order chi connectivity index (χ0) is 14.3. The number of hydrogen-bond donors (Lipinski definition) is 1. The molecule has 4 nitrogen and oxygen atoms in total. The molecule has 0 aromatic heterocycles. The molecule has 0 aliphatic rings. The van der Waals surface area contributed by atoms with Crippen molar-refractivity contribution in [3.8, 4) is 0 Å². The summed E-state index contributed by atoms with van der Waals surface area (Å²) in [6.45, 7) is 14.7. The first-order chi connectivity index (χ1) is 8.21. The van der Waals surface area contributed by atoms with Gasteiger partial charge in [-0.3, -0.25) is 0 Å². The van der Waals surface area contributed by atoms with E-state index in [4.69, 9.17) is 4.74 Å². The second-order valence-corrected chi connectivity index (χ2v) is 5.52. The summed E-state index contributed by atoms with van der Waals surface area (Å²) in [5, 5.41) is 2.86. The zero-order valence-electron chi connectivity index (χ0n) is 12.7. The summed E-state index contributed by atoms with van der Waals surface area (Å²) < 4.78 is 5.25. The third-order valence-electron chi connectivity index (χ3n) is 2.55. The molecule has 0 rings (SSSR count). The van der Waals surface area contributed by atoms with Crippen LogP contribution in [0.15, 0.2) is 12.3 Å². The van der Waals surface area contributed by atoms with Gasteiger partial charge in [0.05, 0.1) is 6.04 Å². The minimum atomic E-state index is -0.473. The molecule has 0 aromatic rings. The molecule has 1 unspecified atom stereocenters. The molecule has 0 saturated heterocycles. The zero-order valence-corrected chi connectivity index (χ0v) is 12.7. The fraction of sp³-hybridized carbons (Fsp3) is 0.786. The Morgan fingerprint density at radius 3 is 2.33 bits per heavy atom. The number of hydrogen-bond acceptors (Lipinski definition) is 3. The van der Waals surface area contributed by atoms with Gasteiger partial charge in [0, 0.05) is 19.3 Å². The summed E-state index contributed by atoms with van der Waals surface area (Å²) in [6.07, 6.45) is 1.46. The molecule has 18 heavy (non-hydrogen) atoms. The molecule has 0 heterocycles. The summed E-state index contributed by atoms with van der Waals surface area (Å²) in [6, 6.07) is -0.0728. The van der Waals surface area contributed by atoms with Gasteiger partial charge in [-0.05, 0) is 33.6 Å². The van der Waals surface area contributed by atoms with Gasteiger partial charge in [-0.15, -0.1) is 0 Å². The van der Waals surface area contributed by atoms with Crippen LogP contribution >= 0.6 is 0 Å². The molecule has 0 spiro atoms. The summed E-state index contributed by atoms with van der Waals surface area (Å²) >= 11 is 0. The minimum absolute atomic E-state index is 0.0728. The normalized spacial score (nSPS) is 12.8. The Kier molecular flexibility index (Phi) is 6.81. The van der Waals surface area contributed by atoms with E-state index in [2.05, 4.69) is 23.7 Å². The minimum Gasteiger partial charge on any atom is -0.444 e. The standard InChI is InChI=1S/C14H28N2O2/c1-8-10-16(7)11(3)12(9-2)15-13(17)18-14(4,5)6/h12H,3,8-10H2,1-2,4-7H3,(H,15,17). The first-order valence-corrected chi connectivity index (χ1v) is 6.60. The third kappa shape index (κ3) is 6.52. The highest BCUT2D eigenvalue weighted by atomic mass is 16.6. The van der Waals surface area contributed by atoms with Crippen LogP contribution in [-0.2, 0) is 4.74 Å². The van der Waals surface area contributed by atoms with Gasteiger partial charge in [-0.2, -0.15) is 0 Å². The molecule has 0 radical (unpaired) electrons. The lowest BCUT2D eigenvalue weighted by molar-refractivity contribution is 0.0505. The van der Waals surface area contributed by atoms with E-state index in [1.165, 1.54) is 0 Å². The molecule has 1 N–H and O–H groups in total. The van der Waals surface area contributed by atoms with Crippen LogP contribution in [-0.4, -0.2) is 36.2 Å². The largest absolute Gasteiger partial charge is 0.444 e. The molecular weight excluding hydrogens is 228 g/mol. The molecule has 0 aliphatic heterocycles. The van der Waals surface area contributed by atoms with Crippen molar-refractivity contribution in [2.45, 2.75) is 59.1 Å². The Morgan fingerprint density at radius 1 is 1.39 bits per heavy atom. The average Bonchev–Trinajstić information content (AvgIpc) is 2.22. The molecule has 0 aliphatic carbocycles. The lowest BCUT2D eigenvalue weighted by Gasteiger charge is -2.29. The molecular formula is C14H28N2O2. The fourth-order valence-electron chi connectivity index (χ4n) is 1.62. The van der Waals surface area contributed by atoms with Crippen molar-refractivity contribution in [1.29, 1.82) is 0 Å². The number of amides is 1. The van der Waals surface area contributed by atoms with Crippen molar-refractivity contribution in [3.63, 3.8) is 0 Å². The van der Waals surface area contributed by atoms with Gasteiger partial charge in [0.25, 0.3) is 0 Å². The maximum atomic E-state index is 11.7. The number of ether oxygens (including phenoxy) is 1. The van der Waals surface area contributed by atoms with E-state index in [1.807, 2.05) is 34.7 Å². The van der Waals surface area contributed by atoms with Crippen molar-refractivity contribution >= 4 is 6.09 Å². The van der Waals surface area contributed by atoms with Crippen LogP contribution in [0.25, 0.3) is 0 Å². The number of nitrogens with zero attached hydrogens (tertiary/aromatic N) is 1. The van der Waals surface area contributed by atoms with E-state index in [0.717, 1.165) is 25.1 Å². The number of nitrogens with one attached hydrogen (secondary N) is 1. The second-order valence-electron chi connectivity index (χ2n) is 5.52. The van der Waals surface area contributed by atoms with Crippen LogP contribution in [0.3, 0.4) is 0 Å². The van der Waals surface area contributed by atoms with Gasteiger partial charge in [-0.25, -0.2) is 4.79 Å². The molecule has 0 aromatic carbocycles. The molecule has 1 atom stereocenters. The average molecular weight is 256 g/mol. The first-order valence-electron chi connectivity index (χ1n) is 6.60. The quantitative estimate of drug-likeness (QED) is 0.793. The molecule has 0 fully saturated rings. The van der Waals surface area contributed by atoms with Gasteiger partial charge >= 0.3 is 6.09 Å². The number of rotatable bonds is 6. The number of alkyl carbamates (subject to hydrolysis) is 1. The maximum Gasteiger partial charge on any atom is 0.408 e. The smallest absolute Gasteiger partial charge is 0.408 e. The van der Waals surface area contributed by atoms with Crippen molar-refractivity contribution in [3.05, 3.63) is 12.3 Å². The second kappa shape index (κ2) is 7.29. The maximum absolute atomic E-state index is 11.7. The van der Waals surface area contributed by atoms with Crippen molar-refractivity contribution < 1.29 is 9.53 Å². The lowest BCUT2D eigenvalue weighted by atomic mass is 10.1. The van der Waals surface area contributed by atoms with Crippen LogP contribution in [0.1, 0.15) is 47.5 Å². The van der Waals surface area contributed by atoms with Crippen molar-refractivity contribution in [1.82, 2.24) is 10.2 Å². The molecule has 4 heteroatoms. The van der Waals surface area contributed by atoms with Crippen LogP contribution in [0, 0.1) is 0 Å². The highest BCUT2D eigenvalue weighted by Gasteiger charge is 2.21. The predicted octanol–water partition coefficient (Wildman–Crippen LogP) is 3.15. The molecule has 0 bridgehead atoms. The van der Waals surface area contributed by atoms with Gasteiger partial charge in [0.15, 0.2) is 0 Å². The Balaban J connectivity index is 4.42. The number of carbonyl (C=O) groups is 1. The van der Waals surface area contributed by atoms with Gasteiger partial charge in [-0.1, -0.05) is 20.4 Å². The summed E-state index contributed by atoms with van der Waals surface area (Å²) in [5.74, 6) is 0. The van der Waals surface area contributed by atoms with E-state index in [-0.39, 0.29) is 12.1 Å². The van der Waals surface area contributed by atoms with Crippen molar-refractivity contribution in [2.24, 2.45) is 0 Å². The predicted molar refractivity (Wildman–Crippen MR) is 75.5 cm³/mol. The summed E-state index contributed by atoms with van der Waals surface area (Å²) in [7, 11) is 1.99. The van der Waals surface area contributed by atoms with E-state index in [0.29, 0.717) is 0 Å². The molecule has 106 valence electrons. The monoisotopic (exact) mass is 256 g/mol. The Hall–Kier alpha value is -1.19. The van der Waals surface area contributed by atoms with Gasteiger partial charge < -0.3 is 15.0 Å². The summed E-state index contributed by atoms with van der Waals surface area (Å²) in [4.78, 5) is 13.8. The Morgan fingerprint density at radius 2 is 1.94 bits per heavy atom. The Bertz CT molecular complexity index is 282. The summed E-state index contributed by atoms with van der Waals surface area (Å²) in [5.41, 5.74) is 0.448. The van der Waals surface area contributed by atoms with Crippen LogP contribution < -0.4 is 5.32 Å². The Labute approximate surface area is 111 Å². The fourth-order valence-corrected chi connectivity index (χ4v) is 1.62. The van der Waals surface area contributed by atoms with Crippen LogP contribution in [0.4, 0.5) is 4.79 Å².